The molecule has 0 saturated heterocycles. The summed E-state index contributed by atoms with van der Waals surface area (Å²) in [4.78, 5) is 28.4. The maximum absolute atomic E-state index is 12.7. The first kappa shape index (κ1) is 18.1. The SMILES string of the molecule is CCOC(=O)Cc1csc(NC(=O)c2cc(Br)ccc2-n2cnnn2)n1. The number of benzene rings is 1. The zero-order valence-corrected chi connectivity index (χ0v) is 16.0. The number of carbonyl (C=O) groups excluding carboxylic acids is 2. The molecule has 1 amide bonds. The standard InChI is InChI=1S/C15H13BrN6O3S/c1-2-25-13(23)6-10-7-26-15(18-10)19-14(24)11-5-9(16)3-4-12(11)22-8-17-20-21-22/h3-5,7-8H,2,6H2,1H3,(H,18,19,24). The van der Waals surface area contributed by atoms with Crippen LogP contribution >= 0.6 is 27.3 Å². The lowest BCUT2D eigenvalue weighted by Gasteiger charge is -2.08. The number of anilines is 1. The number of nitrogens with one attached hydrogen (secondary N) is 1. The zero-order chi connectivity index (χ0) is 18.5. The Kier molecular flexibility index (Phi) is 5.68. The smallest absolute Gasteiger partial charge is 0.311 e. The van der Waals surface area contributed by atoms with Crippen molar-refractivity contribution >= 4 is 44.3 Å². The second-order valence-corrected chi connectivity index (χ2v) is 6.77. The molecule has 3 aromatic rings. The minimum absolute atomic E-state index is 0.0625. The first-order valence-electron chi connectivity index (χ1n) is 7.51. The van der Waals surface area contributed by atoms with E-state index in [1.54, 1.807) is 30.5 Å². The Morgan fingerprint density at radius 3 is 2.96 bits per heavy atom. The molecule has 1 N–H and O–H groups in total. The third kappa shape index (κ3) is 4.29. The second-order valence-electron chi connectivity index (χ2n) is 5.00. The van der Waals surface area contributed by atoms with Crippen molar-refractivity contribution in [1.29, 1.82) is 0 Å². The summed E-state index contributed by atoms with van der Waals surface area (Å²) in [6.07, 6.45) is 1.47. The number of hydrogen-bond acceptors (Lipinski definition) is 8. The van der Waals surface area contributed by atoms with Crippen LogP contribution in [0.3, 0.4) is 0 Å². The summed E-state index contributed by atoms with van der Waals surface area (Å²) in [5.74, 6) is -0.725. The van der Waals surface area contributed by atoms with E-state index >= 15 is 0 Å². The Balaban J connectivity index is 1.78. The molecule has 0 unspecified atom stereocenters. The lowest BCUT2D eigenvalue weighted by atomic mass is 10.1. The topological polar surface area (TPSA) is 112 Å². The van der Waals surface area contributed by atoms with E-state index in [0.717, 1.165) is 4.47 Å². The van der Waals surface area contributed by atoms with E-state index in [-0.39, 0.29) is 18.3 Å². The van der Waals surface area contributed by atoms with Gasteiger partial charge in [-0.2, -0.15) is 4.68 Å². The van der Waals surface area contributed by atoms with Crippen molar-refractivity contribution in [3.63, 3.8) is 0 Å². The third-order valence-electron chi connectivity index (χ3n) is 3.20. The van der Waals surface area contributed by atoms with Gasteiger partial charge in [0, 0.05) is 9.85 Å². The third-order valence-corrected chi connectivity index (χ3v) is 4.50. The Hall–Kier alpha value is -2.66. The van der Waals surface area contributed by atoms with Crippen molar-refractivity contribution in [2.24, 2.45) is 0 Å². The molecule has 2 heterocycles. The summed E-state index contributed by atoms with van der Waals surface area (Å²) in [7, 11) is 0. The van der Waals surface area contributed by atoms with Crippen LogP contribution < -0.4 is 5.32 Å². The molecular weight excluding hydrogens is 424 g/mol. The molecule has 0 radical (unpaired) electrons. The molecule has 0 fully saturated rings. The van der Waals surface area contributed by atoms with Gasteiger partial charge >= 0.3 is 5.97 Å². The number of tetrazole rings is 1. The van der Waals surface area contributed by atoms with Gasteiger partial charge in [-0.25, -0.2) is 4.98 Å². The monoisotopic (exact) mass is 436 g/mol. The van der Waals surface area contributed by atoms with E-state index < -0.39 is 0 Å². The minimum Gasteiger partial charge on any atom is -0.466 e. The summed E-state index contributed by atoms with van der Waals surface area (Å²) in [5, 5.41) is 15.8. The molecule has 9 nitrogen and oxygen atoms in total. The van der Waals surface area contributed by atoms with Crippen molar-refractivity contribution in [3.8, 4) is 5.69 Å². The Bertz CT molecular complexity index is 927. The fourth-order valence-corrected chi connectivity index (χ4v) is 3.20. The van der Waals surface area contributed by atoms with Gasteiger partial charge in [-0.3, -0.25) is 14.9 Å². The highest BCUT2D eigenvalue weighted by molar-refractivity contribution is 9.10. The van der Waals surface area contributed by atoms with E-state index in [4.69, 9.17) is 4.74 Å². The van der Waals surface area contributed by atoms with Gasteiger partial charge in [-0.1, -0.05) is 15.9 Å². The van der Waals surface area contributed by atoms with Crippen LogP contribution in [0.15, 0.2) is 34.4 Å². The number of aromatic nitrogens is 5. The van der Waals surface area contributed by atoms with Crippen LogP contribution in [0, 0.1) is 0 Å². The highest BCUT2D eigenvalue weighted by Gasteiger charge is 2.17. The molecule has 26 heavy (non-hydrogen) atoms. The van der Waals surface area contributed by atoms with Crippen LogP contribution in [0.4, 0.5) is 5.13 Å². The van der Waals surface area contributed by atoms with Gasteiger partial charge < -0.3 is 4.74 Å². The number of carbonyl (C=O) groups is 2. The quantitative estimate of drug-likeness (QED) is 0.589. The fraction of sp³-hybridized carbons (Fsp3) is 0.200. The number of esters is 1. The van der Waals surface area contributed by atoms with E-state index in [1.165, 1.54) is 22.3 Å². The van der Waals surface area contributed by atoms with Gasteiger partial charge in [0.15, 0.2) is 5.13 Å². The molecule has 0 bridgehead atoms. The van der Waals surface area contributed by atoms with E-state index in [9.17, 15) is 9.59 Å². The van der Waals surface area contributed by atoms with Crippen molar-refractivity contribution in [1.82, 2.24) is 25.2 Å². The molecule has 0 saturated carbocycles. The molecule has 0 spiro atoms. The van der Waals surface area contributed by atoms with Gasteiger partial charge in [0.2, 0.25) is 0 Å². The normalized spacial score (nSPS) is 10.5. The summed E-state index contributed by atoms with van der Waals surface area (Å²) in [6.45, 7) is 2.06. The molecule has 134 valence electrons. The van der Waals surface area contributed by atoms with Crippen molar-refractivity contribution in [2.45, 2.75) is 13.3 Å². The van der Waals surface area contributed by atoms with Gasteiger partial charge in [-0.15, -0.1) is 16.4 Å². The van der Waals surface area contributed by atoms with Crippen molar-refractivity contribution in [3.05, 3.63) is 45.6 Å². The Morgan fingerprint density at radius 1 is 1.38 bits per heavy atom. The summed E-state index contributed by atoms with van der Waals surface area (Å²) >= 11 is 4.58. The van der Waals surface area contributed by atoms with Crippen LogP contribution in [0.25, 0.3) is 5.69 Å². The van der Waals surface area contributed by atoms with Crippen LogP contribution in [-0.4, -0.2) is 43.7 Å². The second kappa shape index (κ2) is 8.15. The van der Waals surface area contributed by atoms with Gasteiger partial charge in [-0.05, 0) is 35.5 Å². The maximum atomic E-state index is 12.7. The number of ether oxygens (including phenoxy) is 1. The van der Waals surface area contributed by atoms with Crippen LogP contribution in [0.1, 0.15) is 23.0 Å². The van der Waals surface area contributed by atoms with Gasteiger partial charge in [0.25, 0.3) is 5.91 Å². The number of amides is 1. The van der Waals surface area contributed by atoms with Crippen molar-refractivity contribution < 1.29 is 14.3 Å². The van der Waals surface area contributed by atoms with Gasteiger partial charge in [0.05, 0.1) is 30.0 Å². The molecule has 0 atom stereocenters. The fourth-order valence-electron chi connectivity index (χ4n) is 2.13. The molecule has 1 aromatic carbocycles. The van der Waals surface area contributed by atoms with E-state index in [1.807, 2.05) is 0 Å². The highest BCUT2D eigenvalue weighted by atomic mass is 79.9. The number of rotatable bonds is 6. The minimum atomic E-state index is -0.367. The zero-order valence-electron chi connectivity index (χ0n) is 13.5. The number of thiazole rings is 1. The van der Waals surface area contributed by atoms with Crippen LogP contribution in [-0.2, 0) is 16.0 Å². The summed E-state index contributed by atoms with van der Waals surface area (Å²) in [6, 6.07) is 5.18. The van der Waals surface area contributed by atoms with Crippen LogP contribution in [0.5, 0.6) is 0 Å². The predicted octanol–water partition coefficient (Wildman–Crippen LogP) is 2.24. The first-order chi connectivity index (χ1) is 12.6. The van der Waals surface area contributed by atoms with Gasteiger partial charge in [0.1, 0.15) is 6.33 Å². The highest BCUT2D eigenvalue weighted by Crippen LogP contribution is 2.22. The van der Waals surface area contributed by atoms with Crippen LogP contribution in [0.2, 0.25) is 0 Å². The molecule has 0 aliphatic rings. The number of nitrogens with zero attached hydrogens (tertiary/aromatic N) is 5. The molecule has 3 rings (SSSR count). The lowest BCUT2D eigenvalue weighted by molar-refractivity contribution is -0.142. The Morgan fingerprint density at radius 2 is 2.23 bits per heavy atom. The average Bonchev–Trinajstić information content (AvgIpc) is 3.27. The largest absolute Gasteiger partial charge is 0.466 e. The molecule has 11 heteroatoms. The molecule has 2 aromatic heterocycles. The van der Waals surface area contributed by atoms with Crippen molar-refractivity contribution in [2.75, 3.05) is 11.9 Å². The summed E-state index contributed by atoms with van der Waals surface area (Å²) < 4.78 is 7.02. The molecule has 0 aliphatic heterocycles. The Labute approximate surface area is 160 Å². The lowest BCUT2D eigenvalue weighted by Crippen LogP contribution is -2.15. The van der Waals surface area contributed by atoms with E-state index in [2.05, 4.69) is 41.8 Å². The number of halogens is 1. The first-order valence-corrected chi connectivity index (χ1v) is 9.18. The molecule has 0 aliphatic carbocycles. The number of hydrogen-bond donors (Lipinski definition) is 1. The molecular formula is C15H13BrN6O3S. The maximum Gasteiger partial charge on any atom is 0.311 e. The summed E-state index contributed by atoms with van der Waals surface area (Å²) in [5.41, 5.74) is 1.44. The van der Waals surface area contributed by atoms with E-state index in [0.29, 0.717) is 28.7 Å². The average molecular weight is 437 g/mol. The predicted molar refractivity (Wildman–Crippen MR) is 97.3 cm³/mol.